The lowest BCUT2D eigenvalue weighted by atomic mass is 10.1. The molecule has 0 radical (unpaired) electrons. The van der Waals surface area contributed by atoms with Gasteiger partial charge in [-0.25, -0.2) is 17.9 Å². The van der Waals surface area contributed by atoms with Crippen LogP contribution in [0, 0.1) is 17.0 Å². The number of nitrogens with one attached hydrogen (secondary N) is 1. The number of benzene rings is 2. The van der Waals surface area contributed by atoms with Crippen LogP contribution >= 0.6 is 0 Å². The van der Waals surface area contributed by atoms with Crippen molar-refractivity contribution in [1.82, 2.24) is 14.6 Å². The summed E-state index contributed by atoms with van der Waals surface area (Å²) in [6, 6.07) is 13.5. The van der Waals surface area contributed by atoms with Gasteiger partial charge in [-0.05, 0) is 36.8 Å². The highest BCUT2D eigenvalue weighted by Gasteiger charge is 2.17. The predicted molar refractivity (Wildman–Crippen MR) is 111 cm³/mol. The van der Waals surface area contributed by atoms with Crippen molar-refractivity contribution in [3.8, 4) is 22.4 Å². The van der Waals surface area contributed by atoms with Crippen LogP contribution in [0.3, 0.4) is 0 Å². The van der Waals surface area contributed by atoms with Gasteiger partial charge in [-0.1, -0.05) is 12.1 Å². The summed E-state index contributed by atoms with van der Waals surface area (Å²) in [4.78, 5) is 27.8. The van der Waals surface area contributed by atoms with E-state index in [0.717, 1.165) is 6.26 Å². The van der Waals surface area contributed by atoms with Crippen molar-refractivity contribution in [3.63, 3.8) is 0 Å². The van der Waals surface area contributed by atoms with Crippen molar-refractivity contribution in [2.45, 2.75) is 11.8 Å². The average Bonchev–Trinajstić information content (AvgIpc) is 3.04. The Morgan fingerprint density at radius 1 is 1.03 bits per heavy atom. The van der Waals surface area contributed by atoms with Crippen LogP contribution in [0.4, 0.5) is 5.69 Å². The lowest BCUT2D eigenvalue weighted by Gasteiger charge is -2.05. The lowest BCUT2D eigenvalue weighted by molar-refractivity contribution is -0.384. The zero-order valence-electron chi connectivity index (χ0n) is 16.0. The Bertz CT molecular complexity index is 1450. The van der Waals surface area contributed by atoms with Crippen LogP contribution in [0.5, 0.6) is 0 Å². The first kappa shape index (κ1) is 19.5. The fourth-order valence-electron chi connectivity index (χ4n) is 3.27. The molecule has 9 nitrogen and oxygen atoms in total. The molecule has 10 heteroatoms. The number of nitro groups is 1. The third-order valence-electron chi connectivity index (χ3n) is 4.74. The van der Waals surface area contributed by atoms with E-state index in [1.54, 1.807) is 19.1 Å². The SMILES string of the molecule is Cc1[nH]n2c(=O)cc(-c3ccc([N+](=O)[O-])cc3)nc2c1-c1ccc(S(C)(=O)=O)cc1. The number of aromatic nitrogens is 3. The Morgan fingerprint density at radius 2 is 1.63 bits per heavy atom. The molecule has 2 aromatic heterocycles. The Kier molecular flexibility index (Phi) is 4.50. The maximum absolute atomic E-state index is 12.6. The molecule has 0 unspecified atom stereocenters. The fourth-order valence-corrected chi connectivity index (χ4v) is 3.90. The molecule has 2 heterocycles. The molecule has 152 valence electrons. The standard InChI is InChI=1S/C20H16N4O5S/c1-12-19(14-5-9-16(10-6-14)30(2,28)29)20-21-17(11-18(25)23(20)22-12)13-3-7-15(8-4-13)24(26)27/h3-11,22H,1-2H3. The molecule has 0 aliphatic carbocycles. The first-order valence-corrected chi connectivity index (χ1v) is 10.7. The number of hydrogen-bond acceptors (Lipinski definition) is 6. The van der Waals surface area contributed by atoms with Gasteiger partial charge in [0.1, 0.15) is 0 Å². The molecule has 4 aromatic rings. The first-order chi connectivity index (χ1) is 14.1. The average molecular weight is 424 g/mol. The molecule has 2 aromatic carbocycles. The van der Waals surface area contributed by atoms with Gasteiger partial charge in [0.05, 0.1) is 15.5 Å². The van der Waals surface area contributed by atoms with Crippen molar-refractivity contribution >= 4 is 21.2 Å². The maximum atomic E-state index is 12.6. The Morgan fingerprint density at radius 3 is 2.20 bits per heavy atom. The summed E-state index contributed by atoms with van der Waals surface area (Å²) in [6.45, 7) is 1.79. The van der Waals surface area contributed by atoms with Crippen LogP contribution in [0.2, 0.25) is 0 Å². The molecule has 0 spiro atoms. The quantitative estimate of drug-likeness (QED) is 0.396. The number of hydrogen-bond donors (Lipinski definition) is 1. The van der Waals surface area contributed by atoms with E-state index in [0.29, 0.717) is 33.7 Å². The van der Waals surface area contributed by atoms with Crippen molar-refractivity contribution in [3.05, 3.63) is 80.8 Å². The van der Waals surface area contributed by atoms with Gasteiger partial charge < -0.3 is 0 Å². The second kappa shape index (κ2) is 6.92. The summed E-state index contributed by atoms with van der Waals surface area (Å²) >= 11 is 0. The third-order valence-corrected chi connectivity index (χ3v) is 5.87. The molecule has 0 saturated carbocycles. The topological polar surface area (TPSA) is 127 Å². The Hall–Kier alpha value is -3.79. The maximum Gasteiger partial charge on any atom is 0.273 e. The molecule has 0 amide bonds. The molecule has 0 atom stereocenters. The van der Waals surface area contributed by atoms with E-state index in [4.69, 9.17) is 0 Å². The number of nitrogens with zero attached hydrogens (tertiary/aromatic N) is 3. The van der Waals surface area contributed by atoms with Crippen LogP contribution in [-0.2, 0) is 9.84 Å². The van der Waals surface area contributed by atoms with Crippen molar-refractivity contribution in [1.29, 1.82) is 0 Å². The van der Waals surface area contributed by atoms with Crippen LogP contribution in [0.1, 0.15) is 5.69 Å². The number of fused-ring (bicyclic) bond motifs is 1. The second-order valence-corrected chi connectivity index (χ2v) is 8.87. The minimum absolute atomic E-state index is 0.0549. The molecule has 4 rings (SSSR count). The van der Waals surface area contributed by atoms with E-state index < -0.39 is 14.8 Å². The highest BCUT2D eigenvalue weighted by atomic mass is 32.2. The zero-order chi connectivity index (χ0) is 21.6. The second-order valence-electron chi connectivity index (χ2n) is 6.85. The van der Waals surface area contributed by atoms with Crippen molar-refractivity contribution < 1.29 is 13.3 Å². The van der Waals surface area contributed by atoms with Crippen molar-refractivity contribution in [2.24, 2.45) is 0 Å². The Balaban J connectivity index is 1.88. The van der Waals surface area contributed by atoms with Gasteiger partial charge in [0.25, 0.3) is 11.2 Å². The van der Waals surface area contributed by atoms with E-state index in [1.165, 1.54) is 47.0 Å². The summed E-state index contributed by atoms with van der Waals surface area (Å²) in [6.07, 6.45) is 1.14. The van der Waals surface area contributed by atoms with Gasteiger partial charge in [0, 0.05) is 41.3 Å². The van der Waals surface area contributed by atoms with E-state index in [2.05, 4.69) is 10.1 Å². The lowest BCUT2D eigenvalue weighted by Crippen LogP contribution is -2.14. The molecular weight excluding hydrogens is 408 g/mol. The normalized spacial score (nSPS) is 11.7. The Labute approximate surface area is 170 Å². The van der Waals surface area contributed by atoms with Gasteiger partial charge in [-0.2, -0.15) is 0 Å². The molecule has 0 saturated heterocycles. The van der Waals surface area contributed by atoms with Gasteiger partial charge in [0.2, 0.25) is 0 Å². The predicted octanol–water partition coefficient (Wildman–Crippen LogP) is 2.98. The minimum Gasteiger partial charge on any atom is -0.293 e. The van der Waals surface area contributed by atoms with Gasteiger partial charge in [-0.3, -0.25) is 20.0 Å². The largest absolute Gasteiger partial charge is 0.293 e. The van der Waals surface area contributed by atoms with E-state index in [9.17, 15) is 23.3 Å². The third kappa shape index (κ3) is 3.37. The first-order valence-electron chi connectivity index (χ1n) is 8.83. The number of nitro benzene ring substituents is 1. The summed E-state index contributed by atoms with van der Waals surface area (Å²) in [5.41, 5.74) is 2.98. The van der Waals surface area contributed by atoms with Gasteiger partial charge in [0.15, 0.2) is 15.5 Å². The van der Waals surface area contributed by atoms with E-state index in [-0.39, 0.29) is 16.1 Å². The molecule has 0 aliphatic rings. The fraction of sp³-hybridized carbons (Fsp3) is 0.100. The smallest absolute Gasteiger partial charge is 0.273 e. The molecule has 0 fully saturated rings. The molecule has 0 bridgehead atoms. The summed E-state index contributed by atoms with van der Waals surface area (Å²) in [5.74, 6) is 0. The van der Waals surface area contributed by atoms with Gasteiger partial charge >= 0.3 is 0 Å². The number of sulfone groups is 1. The molecular formula is C20H16N4O5S. The number of aryl methyl sites for hydroxylation is 1. The highest BCUT2D eigenvalue weighted by molar-refractivity contribution is 7.90. The highest BCUT2D eigenvalue weighted by Crippen LogP contribution is 2.29. The van der Waals surface area contributed by atoms with E-state index >= 15 is 0 Å². The van der Waals surface area contributed by atoms with Crippen molar-refractivity contribution in [2.75, 3.05) is 6.26 Å². The number of H-pyrrole nitrogens is 1. The van der Waals surface area contributed by atoms with Crippen LogP contribution < -0.4 is 5.56 Å². The monoisotopic (exact) mass is 424 g/mol. The van der Waals surface area contributed by atoms with Crippen LogP contribution in [0.25, 0.3) is 28.0 Å². The molecule has 30 heavy (non-hydrogen) atoms. The number of non-ortho nitro benzene ring substituents is 1. The minimum atomic E-state index is -3.33. The van der Waals surface area contributed by atoms with E-state index in [1.807, 2.05) is 0 Å². The number of rotatable bonds is 4. The zero-order valence-corrected chi connectivity index (χ0v) is 16.8. The summed E-state index contributed by atoms with van der Waals surface area (Å²) in [7, 11) is -3.33. The molecule has 0 aliphatic heterocycles. The van der Waals surface area contributed by atoms with Crippen LogP contribution in [-0.4, -0.2) is 34.2 Å². The number of aromatic amines is 1. The van der Waals surface area contributed by atoms with Crippen LogP contribution in [0.15, 0.2) is 64.3 Å². The summed E-state index contributed by atoms with van der Waals surface area (Å²) < 4.78 is 24.7. The van der Waals surface area contributed by atoms with Gasteiger partial charge in [-0.15, -0.1) is 0 Å². The summed E-state index contributed by atoms with van der Waals surface area (Å²) in [5, 5.41) is 13.8. The molecule has 1 N–H and O–H groups in total.